The number of ether oxygens (including phenoxy) is 1. The molecule has 0 bridgehead atoms. The molecule has 11 aromatic rings. The summed E-state index contributed by atoms with van der Waals surface area (Å²) in [6, 6.07) is 70.0. The fraction of sp³-hybridized carbons (Fsp3) is 0.141. The van der Waals surface area contributed by atoms with Crippen molar-refractivity contribution in [2.45, 2.75) is 59.8 Å². The number of unbranched alkanes of at least 4 members (excludes halogenated alkanes) is 2. The maximum Gasteiger partial charge on any atom is 0.354 e. The number of pyridine rings is 4. The van der Waals surface area contributed by atoms with Crippen molar-refractivity contribution in [3.8, 4) is 62.3 Å². The van der Waals surface area contributed by atoms with Crippen molar-refractivity contribution in [1.82, 2.24) is 24.9 Å². The van der Waals surface area contributed by atoms with E-state index in [-0.39, 0.29) is 103 Å². The molecule has 0 aliphatic heterocycles. The topological polar surface area (TPSA) is 161 Å². The van der Waals surface area contributed by atoms with Crippen molar-refractivity contribution in [2.75, 3.05) is 6.61 Å². The van der Waals surface area contributed by atoms with Gasteiger partial charge in [-0.2, -0.15) is 0 Å². The molecule has 0 saturated heterocycles. The number of carboxylic acid groups (broad SMARTS) is 1. The van der Waals surface area contributed by atoms with Crippen LogP contribution < -0.4 is 4.74 Å². The summed E-state index contributed by atoms with van der Waals surface area (Å²) in [5.41, 5.74) is 7.96. The van der Waals surface area contributed by atoms with E-state index in [0.717, 1.165) is 83.2 Å². The SMILES string of the molecule is CC(=O)C=C(C)O.CCCCOc1cc[c-]c(-c2ccccn2)c1.CCCCc1c[c-]c(-c2nccc3ccccc23)cc1.Fc1c[c-]c(-c2ccccn2)c(F)c1.O=C(O)c1ccccn1.[Ir].[Ir].[Ir].[Ir].[c-]1ccccc1-c1ncc(-c2ccccc2)o1. The molecule has 6 aromatic carbocycles. The van der Waals surface area contributed by atoms with Gasteiger partial charge in [-0.1, -0.05) is 142 Å². The van der Waals surface area contributed by atoms with Crippen LogP contribution in [0.3, 0.4) is 0 Å². The second-order valence-electron chi connectivity index (χ2n) is 18.3. The molecule has 0 atom stereocenters. The Morgan fingerprint density at radius 2 is 1.25 bits per heavy atom. The number of aromatic carboxylic acids is 1. The first-order chi connectivity index (χ1) is 40.9. The number of allylic oxidation sites excluding steroid dienone is 2. The quantitative estimate of drug-likeness (QED) is 0.0461. The molecule has 4 radical (unpaired) electrons. The van der Waals surface area contributed by atoms with Crippen molar-refractivity contribution in [2.24, 2.45) is 0 Å². The molecule has 462 valence electrons. The summed E-state index contributed by atoms with van der Waals surface area (Å²) in [7, 11) is 0. The number of aryl methyl sites for hydroxylation is 1. The van der Waals surface area contributed by atoms with E-state index >= 15 is 0 Å². The maximum absolute atomic E-state index is 13.2. The predicted octanol–water partition coefficient (Wildman–Crippen LogP) is 17.2. The van der Waals surface area contributed by atoms with Gasteiger partial charge in [0, 0.05) is 134 Å². The molecular weight excluding hydrogens is 1830 g/mol. The molecule has 0 aliphatic rings. The van der Waals surface area contributed by atoms with Gasteiger partial charge in [0.15, 0.2) is 5.78 Å². The smallest absolute Gasteiger partial charge is 0.354 e. The number of rotatable bonds is 14. The fourth-order valence-electron chi connectivity index (χ4n) is 7.61. The summed E-state index contributed by atoms with van der Waals surface area (Å²) in [4.78, 5) is 40.8. The van der Waals surface area contributed by atoms with Gasteiger partial charge in [0.05, 0.1) is 18.6 Å². The molecular formula is C71H63F2Ir4N5O6-4. The molecule has 11 rings (SSSR count). The number of carboxylic acids is 1. The standard InChI is InChI=1S/C19H18N.C15H10NO.C15H16NO.C11H6F2N.C6H5NO2.C5H8O2.4Ir/c1-2-3-6-15-9-11-17(12-10-15)19-18-8-5-4-7-16(18)13-14-20-19;1-3-7-12(8-4-1)14-11-16-15(17-14)13-9-5-2-6-10-13;1-2-3-11-17-14-8-6-7-13(12-14)15-9-4-5-10-16-15;12-8-4-5-9(10(13)7-8)11-3-1-2-6-14-11;8-6(9)5-3-1-2-4-7-5;1-4(6)3-5(2)7;;;;/h4-5,7-11,13-14H,2-3,6H2,1H3;1-9,11H;4-6,8-10,12H,2-3,11H2,1H3;1-4,6-7H;1-4H,(H,8,9);3,6H,1-2H3;;;;/q4*-1;;;;;;. The first-order valence-electron chi connectivity index (χ1n) is 27.1. The summed E-state index contributed by atoms with van der Waals surface area (Å²) in [6.45, 7) is 7.99. The van der Waals surface area contributed by atoms with E-state index in [1.165, 1.54) is 61.4 Å². The number of benzene rings is 6. The summed E-state index contributed by atoms with van der Waals surface area (Å²) in [6.07, 6.45) is 15.4. The number of hydrogen-bond acceptors (Lipinski definition) is 10. The molecule has 11 nitrogen and oxygen atoms in total. The molecule has 17 heteroatoms. The van der Waals surface area contributed by atoms with Gasteiger partial charge in [-0.05, 0) is 78.5 Å². The van der Waals surface area contributed by atoms with Gasteiger partial charge in [-0.3, -0.25) is 18.6 Å². The number of aromatic nitrogens is 5. The third-order valence-corrected chi connectivity index (χ3v) is 11.7. The monoisotopic (exact) mass is 1890 g/mol. The van der Waals surface area contributed by atoms with Crippen LogP contribution in [0.1, 0.15) is 69.4 Å². The van der Waals surface area contributed by atoms with Gasteiger partial charge in [0.1, 0.15) is 17.3 Å². The van der Waals surface area contributed by atoms with Gasteiger partial charge in [0.2, 0.25) is 0 Å². The summed E-state index contributed by atoms with van der Waals surface area (Å²) < 4.78 is 37.2. The number of carbonyl (C=O) groups excluding carboxylic acids is 1. The van der Waals surface area contributed by atoms with Gasteiger partial charge in [0.25, 0.3) is 0 Å². The molecule has 0 amide bonds. The zero-order chi connectivity index (χ0) is 59.7. The van der Waals surface area contributed by atoms with Gasteiger partial charge < -0.3 is 34.3 Å². The van der Waals surface area contributed by atoms with Gasteiger partial charge in [-0.25, -0.2) is 9.78 Å². The maximum atomic E-state index is 13.2. The summed E-state index contributed by atoms with van der Waals surface area (Å²) in [5, 5.41) is 19.1. The minimum atomic E-state index is -0.990. The number of oxazole rings is 1. The number of halogens is 2. The third kappa shape index (κ3) is 26.7. The Bertz CT molecular complexity index is 3680. The van der Waals surface area contributed by atoms with E-state index in [1.54, 1.807) is 48.9 Å². The Morgan fingerprint density at radius 1 is 0.591 bits per heavy atom. The number of hydrogen-bond donors (Lipinski definition) is 2. The first kappa shape index (κ1) is 76.4. The average Bonchev–Trinajstić information content (AvgIpc) is 3.33. The zero-order valence-electron chi connectivity index (χ0n) is 48.5. The van der Waals surface area contributed by atoms with E-state index < -0.39 is 17.6 Å². The Labute approximate surface area is 567 Å². The zero-order valence-corrected chi connectivity index (χ0v) is 58.0. The second kappa shape index (κ2) is 43.0. The van der Waals surface area contributed by atoms with E-state index in [0.29, 0.717) is 11.6 Å². The Hall–Kier alpha value is -7.67. The van der Waals surface area contributed by atoms with Crippen molar-refractivity contribution in [3.63, 3.8) is 0 Å². The minimum absolute atomic E-state index is 0. The number of aliphatic hydroxyl groups excluding tert-OH is 1. The normalized spacial score (nSPS) is 9.86. The molecule has 88 heavy (non-hydrogen) atoms. The summed E-state index contributed by atoms with van der Waals surface area (Å²) in [5.74, 6) is -0.0749. The number of carbonyl (C=O) groups is 2. The molecule has 2 N–H and O–H groups in total. The van der Waals surface area contributed by atoms with Crippen molar-refractivity contribution >= 4 is 22.5 Å². The Balaban J connectivity index is 0.000000366. The van der Waals surface area contributed by atoms with Crippen LogP contribution in [0.5, 0.6) is 5.75 Å². The van der Waals surface area contributed by atoms with E-state index in [2.05, 4.69) is 112 Å². The molecule has 0 spiro atoms. The molecule has 0 unspecified atom stereocenters. The number of fused-ring (bicyclic) bond motifs is 1. The minimum Gasteiger partial charge on any atom is -0.513 e. The van der Waals surface area contributed by atoms with E-state index in [9.17, 15) is 18.4 Å². The van der Waals surface area contributed by atoms with Crippen LogP contribution in [0.15, 0.2) is 235 Å². The van der Waals surface area contributed by atoms with Crippen LogP contribution in [0, 0.1) is 35.9 Å². The van der Waals surface area contributed by atoms with Gasteiger partial charge in [-0.15, -0.1) is 108 Å². The van der Waals surface area contributed by atoms with Crippen LogP contribution in [0.2, 0.25) is 0 Å². The predicted molar refractivity (Wildman–Crippen MR) is 326 cm³/mol. The van der Waals surface area contributed by atoms with Crippen LogP contribution in [-0.2, 0) is 91.6 Å². The average molecular weight is 1890 g/mol. The van der Waals surface area contributed by atoms with E-state index in [1.807, 2.05) is 97.2 Å². The van der Waals surface area contributed by atoms with Gasteiger partial charge >= 0.3 is 5.97 Å². The second-order valence-corrected chi connectivity index (χ2v) is 18.3. The third-order valence-electron chi connectivity index (χ3n) is 11.7. The number of nitrogens with zero attached hydrogens (tertiary/aromatic N) is 5. The molecule has 0 saturated carbocycles. The summed E-state index contributed by atoms with van der Waals surface area (Å²) >= 11 is 0. The van der Waals surface area contributed by atoms with Crippen LogP contribution in [0.25, 0.3) is 67.3 Å². The van der Waals surface area contributed by atoms with Crippen LogP contribution in [-0.4, -0.2) is 53.5 Å². The van der Waals surface area contributed by atoms with Crippen molar-refractivity contribution in [1.29, 1.82) is 0 Å². The van der Waals surface area contributed by atoms with Crippen LogP contribution in [0.4, 0.5) is 8.78 Å². The number of aliphatic hydroxyl groups is 1. The molecule has 5 aromatic heterocycles. The Morgan fingerprint density at radius 3 is 1.83 bits per heavy atom. The van der Waals surface area contributed by atoms with Crippen molar-refractivity contribution < 1.29 is 118 Å². The first-order valence-corrected chi connectivity index (χ1v) is 27.1. The van der Waals surface area contributed by atoms with Crippen molar-refractivity contribution in [3.05, 3.63) is 278 Å². The molecule has 0 fully saturated rings. The van der Waals surface area contributed by atoms with Crippen LogP contribution >= 0.6 is 0 Å². The van der Waals surface area contributed by atoms with E-state index in [4.69, 9.17) is 19.4 Å². The number of ketones is 1. The largest absolute Gasteiger partial charge is 0.513 e. The molecule has 5 heterocycles. The fourth-order valence-corrected chi connectivity index (χ4v) is 7.61. The Kier molecular flexibility index (Phi) is 37.4. The molecule has 0 aliphatic carbocycles.